The molecule has 1 amide bonds. The van der Waals surface area contributed by atoms with E-state index in [0.717, 1.165) is 18.7 Å². The number of aromatic nitrogens is 3. The molecule has 0 saturated heterocycles. The first kappa shape index (κ1) is 10.5. The molecule has 2 aromatic heterocycles. The van der Waals surface area contributed by atoms with Gasteiger partial charge in [-0.2, -0.15) is 0 Å². The average Bonchev–Trinajstić information content (AvgIpc) is 2.96. The van der Waals surface area contributed by atoms with Crippen molar-refractivity contribution in [1.82, 2.24) is 20.3 Å². The summed E-state index contributed by atoms with van der Waals surface area (Å²) >= 11 is 0. The van der Waals surface area contributed by atoms with Gasteiger partial charge in [0, 0.05) is 31.6 Å². The van der Waals surface area contributed by atoms with Crippen LogP contribution in [0.5, 0.6) is 0 Å². The normalized spacial score (nSPS) is 10.2. The molecule has 16 heavy (non-hydrogen) atoms. The molecule has 84 valence electrons. The third kappa shape index (κ3) is 2.73. The monoisotopic (exact) mass is 218 g/mol. The predicted octanol–water partition coefficient (Wildman–Crippen LogP) is 1.10. The fourth-order valence-corrected chi connectivity index (χ4v) is 1.46. The number of hydrogen-bond acceptors (Lipinski definition) is 2. The van der Waals surface area contributed by atoms with Crippen molar-refractivity contribution in [2.75, 3.05) is 6.54 Å². The van der Waals surface area contributed by atoms with Crippen molar-refractivity contribution in [2.45, 2.75) is 12.8 Å². The Kier molecular flexibility index (Phi) is 3.38. The van der Waals surface area contributed by atoms with E-state index in [4.69, 9.17) is 0 Å². The standard InChI is InChI=1S/C11H14N4O/c16-11(9-3-1-5-12-9)15-6-2-4-10-13-7-8-14-10/h1,3,5,7-8,12H,2,4,6H2,(H,13,14)(H,15,16). The molecule has 2 heterocycles. The SMILES string of the molecule is O=C(NCCCc1ncc[nH]1)c1ccc[nH]1. The van der Waals surface area contributed by atoms with Gasteiger partial charge in [0.25, 0.3) is 5.91 Å². The van der Waals surface area contributed by atoms with Gasteiger partial charge in [-0.05, 0) is 18.6 Å². The average molecular weight is 218 g/mol. The maximum Gasteiger partial charge on any atom is 0.267 e. The number of rotatable bonds is 5. The highest BCUT2D eigenvalue weighted by Crippen LogP contribution is 1.96. The number of carbonyl (C=O) groups is 1. The minimum atomic E-state index is -0.0653. The van der Waals surface area contributed by atoms with Crippen molar-refractivity contribution >= 4 is 5.91 Å². The first-order valence-corrected chi connectivity index (χ1v) is 5.26. The van der Waals surface area contributed by atoms with Gasteiger partial charge in [0.1, 0.15) is 11.5 Å². The van der Waals surface area contributed by atoms with Gasteiger partial charge in [0.05, 0.1) is 0 Å². The number of carbonyl (C=O) groups excluding carboxylic acids is 1. The summed E-state index contributed by atoms with van der Waals surface area (Å²) in [5.41, 5.74) is 0.595. The second kappa shape index (κ2) is 5.16. The maximum atomic E-state index is 11.5. The van der Waals surface area contributed by atoms with Crippen molar-refractivity contribution in [3.8, 4) is 0 Å². The molecular formula is C11H14N4O. The van der Waals surface area contributed by atoms with Gasteiger partial charge in [0.15, 0.2) is 0 Å². The minimum absolute atomic E-state index is 0.0653. The number of aryl methyl sites for hydroxylation is 1. The Bertz CT molecular complexity index is 419. The number of aromatic amines is 2. The van der Waals surface area contributed by atoms with Crippen LogP contribution in [0.3, 0.4) is 0 Å². The number of amides is 1. The van der Waals surface area contributed by atoms with E-state index in [-0.39, 0.29) is 5.91 Å². The molecule has 0 fully saturated rings. The van der Waals surface area contributed by atoms with E-state index in [9.17, 15) is 4.79 Å². The molecule has 0 unspecified atom stereocenters. The lowest BCUT2D eigenvalue weighted by Crippen LogP contribution is -2.25. The minimum Gasteiger partial charge on any atom is -0.357 e. The molecule has 5 heteroatoms. The van der Waals surface area contributed by atoms with Crippen molar-refractivity contribution in [3.63, 3.8) is 0 Å². The topological polar surface area (TPSA) is 73.6 Å². The molecule has 3 N–H and O–H groups in total. The summed E-state index contributed by atoms with van der Waals surface area (Å²) < 4.78 is 0. The van der Waals surface area contributed by atoms with Gasteiger partial charge in [-0.15, -0.1) is 0 Å². The Labute approximate surface area is 93.3 Å². The number of nitrogens with zero attached hydrogens (tertiary/aromatic N) is 1. The third-order valence-corrected chi connectivity index (χ3v) is 2.27. The molecule has 2 rings (SSSR count). The summed E-state index contributed by atoms with van der Waals surface area (Å²) in [4.78, 5) is 21.5. The van der Waals surface area contributed by atoms with Crippen molar-refractivity contribution in [2.24, 2.45) is 0 Å². The Morgan fingerprint density at radius 2 is 2.31 bits per heavy atom. The smallest absolute Gasteiger partial charge is 0.267 e. The Morgan fingerprint density at radius 3 is 3.00 bits per heavy atom. The molecule has 0 radical (unpaired) electrons. The second-order valence-corrected chi connectivity index (χ2v) is 3.48. The van der Waals surface area contributed by atoms with Crippen LogP contribution in [0.25, 0.3) is 0 Å². The molecule has 0 aliphatic heterocycles. The summed E-state index contributed by atoms with van der Waals surface area (Å²) in [5.74, 6) is 0.888. The Balaban J connectivity index is 1.67. The lowest BCUT2D eigenvalue weighted by Gasteiger charge is -2.02. The summed E-state index contributed by atoms with van der Waals surface area (Å²) in [5, 5.41) is 2.84. The highest BCUT2D eigenvalue weighted by Gasteiger charge is 2.04. The molecule has 0 spiro atoms. The predicted molar refractivity (Wildman–Crippen MR) is 60.0 cm³/mol. The van der Waals surface area contributed by atoms with Gasteiger partial charge in [-0.3, -0.25) is 4.79 Å². The third-order valence-electron chi connectivity index (χ3n) is 2.27. The van der Waals surface area contributed by atoms with Crippen LogP contribution in [-0.2, 0) is 6.42 Å². The fraction of sp³-hybridized carbons (Fsp3) is 0.273. The number of H-pyrrole nitrogens is 2. The van der Waals surface area contributed by atoms with Crippen molar-refractivity contribution < 1.29 is 4.79 Å². The van der Waals surface area contributed by atoms with Crippen molar-refractivity contribution in [1.29, 1.82) is 0 Å². The van der Waals surface area contributed by atoms with Gasteiger partial charge in [-0.1, -0.05) is 0 Å². The van der Waals surface area contributed by atoms with E-state index in [2.05, 4.69) is 20.3 Å². The van der Waals surface area contributed by atoms with Crippen LogP contribution in [0.1, 0.15) is 22.7 Å². The van der Waals surface area contributed by atoms with Gasteiger partial charge < -0.3 is 15.3 Å². The molecule has 2 aromatic rings. The van der Waals surface area contributed by atoms with E-state index in [0.29, 0.717) is 12.2 Å². The summed E-state index contributed by atoms with van der Waals surface area (Å²) in [6.07, 6.45) is 6.98. The van der Waals surface area contributed by atoms with E-state index in [1.165, 1.54) is 0 Å². The number of hydrogen-bond donors (Lipinski definition) is 3. The zero-order chi connectivity index (χ0) is 11.2. The van der Waals surface area contributed by atoms with Gasteiger partial charge in [-0.25, -0.2) is 4.98 Å². The quantitative estimate of drug-likeness (QED) is 0.657. The lowest BCUT2D eigenvalue weighted by molar-refractivity contribution is 0.0949. The van der Waals surface area contributed by atoms with Gasteiger partial charge >= 0.3 is 0 Å². The van der Waals surface area contributed by atoms with Crippen LogP contribution < -0.4 is 5.32 Å². The number of nitrogens with one attached hydrogen (secondary N) is 3. The second-order valence-electron chi connectivity index (χ2n) is 3.48. The van der Waals surface area contributed by atoms with Crippen LogP contribution >= 0.6 is 0 Å². The summed E-state index contributed by atoms with van der Waals surface area (Å²) in [7, 11) is 0. The summed E-state index contributed by atoms with van der Waals surface area (Å²) in [6.45, 7) is 0.651. The van der Waals surface area contributed by atoms with Crippen LogP contribution in [0.15, 0.2) is 30.7 Å². The molecule has 0 bridgehead atoms. The van der Waals surface area contributed by atoms with E-state index < -0.39 is 0 Å². The Hall–Kier alpha value is -2.04. The lowest BCUT2D eigenvalue weighted by atomic mass is 10.3. The highest BCUT2D eigenvalue weighted by atomic mass is 16.1. The molecule has 0 atom stereocenters. The van der Waals surface area contributed by atoms with Crippen LogP contribution in [0, 0.1) is 0 Å². The maximum absolute atomic E-state index is 11.5. The molecule has 5 nitrogen and oxygen atoms in total. The zero-order valence-electron chi connectivity index (χ0n) is 8.86. The largest absolute Gasteiger partial charge is 0.357 e. The first-order valence-electron chi connectivity index (χ1n) is 5.26. The van der Waals surface area contributed by atoms with Crippen LogP contribution in [0.2, 0.25) is 0 Å². The molecule has 0 saturated carbocycles. The highest BCUT2D eigenvalue weighted by molar-refractivity contribution is 5.92. The van der Waals surface area contributed by atoms with Crippen LogP contribution in [0.4, 0.5) is 0 Å². The zero-order valence-corrected chi connectivity index (χ0v) is 8.86. The Morgan fingerprint density at radius 1 is 1.38 bits per heavy atom. The van der Waals surface area contributed by atoms with Crippen molar-refractivity contribution in [3.05, 3.63) is 42.2 Å². The van der Waals surface area contributed by atoms with E-state index in [1.54, 1.807) is 30.7 Å². The first-order chi connectivity index (χ1) is 7.86. The molecule has 0 aliphatic carbocycles. The van der Waals surface area contributed by atoms with Crippen LogP contribution in [-0.4, -0.2) is 27.4 Å². The summed E-state index contributed by atoms with van der Waals surface area (Å²) in [6, 6.07) is 3.56. The number of imidazole rings is 1. The van der Waals surface area contributed by atoms with Gasteiger partial charge in [0.2, 0.25) is 0 Å². The molecule has 0 aliphatic rings. The fourth-order valence-electron chi connectivity index (χ4n) is 1.46. The van der Waals surface area contributed by atoms with E-state index in [1.807, 2.05) is 0 Å². The molecule has 0 aromatic carbocycles. The molecular weight excluding hydrogens is 204 g/mol. The van der Waals surface area contributed by atoms with E-state index >= 15 is 0 Å².